The van der Waals surface area contributed by atoms with Gasteiger partial charge in [-0.25, -0.2) is 4.39 Å². The molecule has 4 heteroatoms. The molecule has 1 amide bonds. The van der Waals surface area contributed by atoms with E-state index in [-0.39, 0.29) is 12.1 Å². The third kappa shape index (κ3) is 2.27. The van der Waals surface area contributed by atoms with E-state index in [4.69, 9.17) is 5.26 Å². The number of carbonyl (C=O) groups excluding carboxylic acids is 1. The van der Waals surface area contributed by atoms with Crippen LogP contribution in [0.3, 0.4) is 0 Å². The maximum Gasteiger partial charge on any atom is 0.211 e. The lowest BCUT2D eigenvalue weighted by Gasteiger charge is -2.01. The van der Waals surface area contributed by atoms with Crippen molar-refractivity contribution in [3.63, 3.8) is 0 Å². The van der Waals surface area contributed by atoms with Gasteiger partial charge in [0.2, 0.25) is 6.41 Å². The summed E-state index contributed by atoms with van der Waals surface area (Å²) in [6, 6.07) is 6.16. The van der Waals surface area contributed by atoms with Crippen LogP contribution >= 0.6 is 0 Å². The molecule has 0 aromatic heterocycles. The van der Waals surface area contributed by atoms with E-state index in [1.54, 1.807) is 6.07 Å². The standard InChI is InChI=1S/C9H7FN2O/c10-8-5-7(3-4-11)1-2-9(8)12-6-13/h1-2,5-6H,3H2,(H,12,13). The Hall–Kier alpha value is -1.89. The van der Waals surface area contributed by atoms with E-state index in [2.05, 4.69) is 5.32 Å². The van der Waals surface area contributed by atoms with Gasteiger partial charge in [-0.05, 0) is 17.7 Å². The minimum absolute atomic E-state index is 0.122. The Morgan fingerprint density at radius 3 is 2.92 bits per heavy atom. The number of carbonyl (C=O) groups is 1. The van der Waals surface area contributed by atoms with E-state index in [1.807, 2.05) is 6.07 Å². The molecule has 0 spiro atoms. The van der Waals surface area contributed by atoms with E-state index in [0.717, 1.165) is 0 Å². The largest absolute Gasteiger partial charge is 0.326 e. The van der Waals surface area contributed by atoms with Crippen molar-refractivity contribution in [2.45, 2.75) is 6.42 Å². The summed E-state index contributed by atoms with van der Waals surface area (Å²) in [4.78, 5) is 10.0. The zero-order valence-electron chi connectivity index (χ0n) is 6.75. The molecule has 0 aliphatic heterocycles. The number of hydrogen-bond acceptors (Lipinski definition) is 2. The van der Waals surface area contributed by atoms with E-state index in [1.165, 1.54) is 12.1 Å². The number of halogens is 1. The lowest BCUT2D eigenvalue weighted by molar-refractivity contribution is -0.105. The van der Waals surface area contributed by atoms with Crippen molar-refractivity contribution in [3.05, 3.63) is 29.6 Å². The SMILES string of the molecule is N#CCc1ccc(NC=O)c(F)c1. The number of amides is 1. The second kappa shape index (κ2) is 4.21. The molecule has 1 rings (SSSR count). The average molecular weight is 178 g/mol. The third-order valence-corrected chi connectivity index (χ3v) is 1.53. The Labute approximate surface area is 74.8 Å². The van der Waals surface area contributed by atoms with Crippen LogP contribution < -0.4 is 5.32 Å². The van der Waals surface area contributed by atoms with Crippen molar-refractivity contribution >= 4 is 12.1 Å². The van der Waals surface area contributed by atoms with Gasteiger partial charge < -0.3 is 5.32 Å². The highest BCUT2D eigenvalue weighted by Crippen LogP contribution is 2.14. The number of anilines is 1. The summed E-state index contributed by atoms with van der Waals surface area (Å²) in [5, 5.41) is 10.5. The van der Waals surface area contributed by atoms with Crippen LogP contribution in [-0.4, -0.2) is 6.41 Å². The summed E-state index contributed by atoms with van der Waals surface area (Å²) < 4.78 is 13.0. The predicted molar refractivity (Wildman–Crippen MR) is 45.4 cm³/mol. The summed E-state index contributed by atoms with van der Waals surface area (Å²) in [5.74, 6) is -0.528. The van der Waals surface area contributed by atoms with Crippen LogP contribution in [-0.2, 0) is 11.2 Å². The first-order valence-electron chi connectivity index (χ1n) is 3.63. The number of nitrogens with one attached hydrogen (secondary N) is 1. The molecule has 0 bridgehead atoms. The van der Waals surface area contributed by atoms with Gasteiger partial charge in [-0.2, -0.15) is 5.26 Å². The van der Waals surface area contributed by atoms with Gasteiger partial charge in [0, 0.05) is 0 Å². The molecule has 0 saturated carbocycles. The fourth-order valence-electron chi connectivity index (χ4n) is 0.940. The van der Waals surface area contributed by atoms with Crippen LogP contribution in [0.15, 0.2) is 18.2 Å². The molecule has 0 unspecified atom stereocenters. The quantitative estimate of drug-likeness (QED) is 0.712. The number of hydrogen-bond donors (Lipinski definition) is 1. The Balaban J connectivity index is 2.92. The molecule has 66 valence electrons. The van der Waals surface area contributed by atoms with Gasteiger partial charge in [0.05, 0.1) is 18.2 Å². The smallest absolute Gasteiger partial charge is 0.211 e. The van der Waals surface area contributed by atoms with Crippen LogP contribution in [0.4, 0.5) is 10.1 Å². The zero-order chi connectivity index (χ0) is 9.68. The van der Waals surface area contributed by atoms with Gasteiger partial charge in [-0.15, -0.1) is 0 Å². The summed E-state index contributed by atoms with van der Waals surface area (Å²) in [6.07, 6.45) is 0.570. The first-order valence-corrected chi connectivity index (χ1v) is 3.63. The molecule has 0 saturated heterocycles. The highest BCUT2D eigenvalue weighted by atomic mass is 19.1. The summed E-state index contributed by atoms with van der Waals surface area (Å²) >= 11 is 0. The van der Waals surface area contributed by atoms with E-state index in [0.29, 0.717) is 12.0 Å². The molecule has 0 aliphatic rings. The highest BCUT2D eigenvalue weighted by molar-refractivity contribution is 5.71. The predicted octanol–water partition coefficient (Wildman–Crippen LogP) is 1.46. The van der Waals surface area contributed by atoms with Crippen LogP contribution in [0.2, 0.25) is 0 Å². The number of nitrogens with zero attached hydrogens (tertiary/aromatic N) is 1. The van der Waals surface area contributed by atoms with Crippen LogP contribution in [0.1, 0.15) is 5.56 Å². The van der Waals surface area contributed by atoms with Gasteiger partial charge in [0.25, 0.3) is 0 Å². The number of benzene rings is 1. The second-order valence-electron chi connectivity index (χ2n) is 2.41. The van der Waals surface area contributed by atoms with Gasteiger partial charge >= 0.3 is 0 Å². The minimum Gasteiger partial charge on any atom is -0.326 e. The van der Waals surface area contributed by atoms with Crippen LogP contribution in [0, 0.1) is 17.1 Å². The highest BCUT2D eigenvalue weighted by Gasteiger charge is 2.01. The molecular weight excluding hydrogens is 171 g/mol. The normalized spacial score (nSPS) is 8.92. The van der Waals surface area contributed by atoms with Crippen molar-refractivity contribution in [2.24, 2.45) is 0 Å². The molecule has 1 aromatic rings. The van der Waals surface area contributed by atoms with E-state index in [9.17, 15) is 9.18 Å². The maximum atomic E-state index is 13.0. The monoisotopic (exact) mass is 178 g/mol. The topological polar surface area (TPSA) is 52.9 Å². The summed E-state index contributed by atoms with van der Waals surface area (Å²) in [7, 11) is 0. The fraction of sp³-hybridized carbons (Fsp3) is 0.111. The molecule has 3 nitrogen and oxygen atoms in total. The van der Waals surface area contributed by atoms with Crippen molar-refractivity contribution in [1.29, 1.82) is 5.26 Å². The average Bonchev–Trinajstić information content (AvgIpc) is 2.10. The fourth-order valence-corrected chi connectivity index (χ4v) is 0.940. The van der Waals surface area contributed by atoms with Gasteiger partial charge in [0.1, 0.15) is 5.82 Å². The lowest BCUT2D eigenvalue weighted by Crippen LogP contribution is -1.97. The second-order valence-corrected chi connectivity index (χ2v) is 2.41. The van der Waals surface area contributed by atoms with Crippen molar-refractivity contribution in [2.75, 3.05) is 5.32 Å². The Bertz CT molecular complexity index is 357. The molecule has 0 fully saturated rings. The number of nitriles is 1. The molecule has 0 radical (unpaired) electrons. The van der Waals surface area contributed by atoms with Gasteiger partial charge in [0.15, 0.2) is 0 Å². The number of rotatable bonds is 3. The third-order valence-electron chi connectivity index (χ3n) is 1.53. The van der Waals surface area contributed by atoms with Crippen LogP contribution in [0.25, 0.3) is 0 Å². The molecule has 0 aliphatic carbocycles. The summed E-state index contributed by atoms with van der Waals surface area (Å²) in [6.45, 7) is 0. The molecule has 13 heavy (non-hydrogen) atoms. The maximum absolute atomic E-state index is 13.0. The van der Waals surface area contributed by atoms with Gasteiger partial charge in [-0.3, -0.25) is 4.79 Å². The molecule has 0 heterocycles. The summed E-state index contributed by atoms with van der Waals surface area (Å²) in [5.41, 5.74) is 0.716. The first-order chi connectivity index (χ1) is 6.27. The Kier molecular flexibility index (Phi) is 2.98. The Morgan fingerprint density at radius 2 is 2.38 bits per heavy atom. The van der Waals surface area contributed by atoms with Crippen molar-refractivity contribution in [1.82, 2.24) is 0 Å². The first kappa shape index (κ1) is 9.20. The minimum atomic E-state index is -0.528. The molecule has 0 atom stereocenters. The van der Waals surface area contributed by atoms with Crippen LogP contribution in [0.5, 0.6) is 0 Å². The molecular formula is C9H7FN2O. The van der Waals surface area contributed by atoms with E-state index >= 15 is 0 Å². The van der Waals surface area contributed by atoms with E-state index < -0.39 is 5.82 Å². The van der Waals surface area contributed by atoms with Crippen molar-refractivity contribution < 1.29 is 9.18 Å². The molecule has 1 aromatic carbocycles. The Morgan fingerprint density at radius 1 is 1.62 bits per heavy atom. The molecule has 1 N–H and O–H groups in total. The van der Waals surface area contributed by atoms with Gasteiger partial charge in [-0.1, -0.05) is 6.07 Å². The lowest BCUT2D eigenvalue weighted by atomic mass is 10.1. The van der Waals surface area contributed by atoms with Crippen molar-refractivity contribution in [3.8, 4) is 6.07 Å². The zero-order valence-corrected chi connectivity index (χ0v) is 6.75.